The molecule has 2 heterocycles. The van der Waals surface area contributed by atoms with Crippen molar-refractivity contribution in [1.29, 1.82) is 0 Å². The topological polar surface area (TPSA) is 79.0 Å². The number of nitrogens with zero attached hydrogens (tertiary/aromatic N) is 2. The van der Waals surface area contributed by atoms with Crippen molar-refractivity contribution in [3.05, 3.63) is 70.4 Å². The SMILES string of the molecule is COc1ccc(N2CCCN(C(=O)c3sccc3S(=O)(=O)Nc3ccc(C)cc3)CC2)cc1. The largest absolute Gasteiger partial charge is 0.497 e. The zero-order chi connectivity index (χ0) is 23.4. The molecule has 0 saturated carbocycles. The van der Waals surface area contributed by atoms with Gasteiger partial charge in [-0.1, -0.05) is 17.7 Å². The minimum absolute atomic E-state index is 0.0225. The minimum Gasteiger partial charge on any atom is -0.497 e. The zero-order valence-electron chi connectivity index (χ0n) is 18.7. The van der Waals surface area contributed by atoms with E-state index in [1.165, 1.54) is 6.07 Å². The van der Waals surface area contributed by atoms with Crippen LogP contribution in [0.1, 0.15) is 21.7 Å². The Bertz CT molecular complexity index is 1210. The fraction of sp³-hybridized carbons (Fsp3) is 0.292. The van der Waals surface area contributed by atoms with Gasteiger partial charge in [-0.15, -0.1) is 11.3 Å². The van der Waals surface area contributed by atoms with Gasteiger partial charge in [0.25, 0.3) is 15.9 Å². The smallest absolute Gasteiger partial charge is 0.265 e. The number of hydrogen-bond acceptors (Lipinski definition) is 6. The van der Waals surface area contributed by atoms with Crippen LogP contribution in [0.4, 0.5) is 11.4 Å². The first-order chi connectivity index (χ1) is 15.9. The number of sulfonamides is 1. The Labute approximate surface area is 198 Å². The van der Waals surface area contributed by atoms with Gasteiger partial charge in [-0.25, -0.2) is 8.42 Å². The number of hydrogen-bond donors (Lipinski definition) is 1. The number of aryl methyl sites for hydroxylation is 1. The van der Waals surface area contributed by atoms with Crippen molar-refractivity contribution in [1.82, 2.24) is 4.90 Å². The first kappa shape index (κ1) is 23.1. The Balaban J connectivity index is 1.47. The Morgan fingerprint density at radius 3 is 2.39 bits per heavy atom. The minimum atomic E-state index is -3.88. The van der Waals surface area contributed by atoms with Crippen molar-refractivity contribution in [3.63, 3.8) is 0 Å². The maximum atomic E-state index is 13.3. The number of rotatable bonds is 6. The quantitative estimate of drug-likeness (QED) is 0.566. The molecule has 0 aliphatic carbocycles. The van der Waals surface area contributed by atoms with Crippen LogP contribution < -0.4 is 14.4 Å². The van der Waals surface area contributed by atoms with Crippen molar-refractivity contribution in [2.75, 3.05) is 42.9 Å². The Morgan fingerprint density at radius 1 is 0.970 bits per heavy atom. The van der Waals surface area contributed by atoms with Crippen molar-refractivity contribution >= 4 is 38.6 Å². The van der Waals surface area contributed by atoms with Crippen LogP contribution in [0.25, 0.3) is 0 Å². The highest BCUT2D eigenvalue weighted by molar-refractivity contribution is 7.93. The van der Waals surface area contributed by atoms with Gasteiger partial charge in [0.15, 0.2) is 0 Å². The number of amides is 1. The number of carbonyl (C=O) groups is 1. The van der Waals surface area contributed by atoms with E-state index in [1.54, 1.807) is 29.5 Å². The first-order valence-electron chi connectivity index (χ1n) is 10.7. The van der Waals surface area contributed by atoms with Crippen molar-refractivity contribution < 1.29 is 17.9 Å². The van der Waals surface area contributed by atoms with Crippen molar-refractivity contribution in [3.8, 4) is 5.75 Å². The van der Waals surface area contributed by atoms with E-state index in [9.17, 15) is 13.2 Å². The average Bonchev–Trinajstić information content (AvgIpc) is 3.20. The highest BCUT2D eigenvalue weighted by atomic mass is 32.2. The molecule has 0 spiro atoms. The predicted octanol–water partition coefficient (Wildman–Crippen LogP) is 4.22. The standard InChI is InChI=1S/C24H27N3O4S2/c1-18-4-6-19(7-5-18)25-33(29,30)22-12-17-32-23(22)24(28)27-14-3-13-26(15-16-27)20-8-10-21(31-2)11-9-20/h4-12,17,25H,3,13-16H2,1-2H3. The van der Waals surface area contributed by atoms with E-state index in [0.717, 1.165) is 41.3 Å². The van der Waals surface area contributed by atoms with E-state index < -0.39 is 10.0 Å². The molecule has 9 heteroatoms. The molecule has 174 valence electrons. The summed E-state index contributed by atoms with van der Waals surface area (Å²) in [6, 6.07) is 16.5. The normalized spacial score (nSPS) is 14.6. The lowest BCUT2D eigenvalue weighted by Gasteiger charge is -2.24. The predicted molar refractivity (Wildman–Crippen MR) is 132 cm³/mol. The summed E-state index contributed by atoms with van der Waals surface area (Å²) >= 11 is 1.16. The molecule has 33 heavy (non-hydrogen) atoms. The molecule has 1 aromatic heterocycles. The Kier molecular flexibility index (Phi) is 6.90. The van der Waals surface area contributed by atoms with Crippen molar-refractivity contribution in [2.24, 2.45) is 0 Å². The lowest BCUT2D eigenvalue weighted by atomic mass is 10.2. The van der Waals surface area contributed by atoms with Gasteiger partial charge in [-0.05, 0) is 61.2 Å². The third-order valence-electron chi connectivity index (χ3n) is 5.64. The third-order valence-corrected chi connectivity index (χ3v) is 8.09. The van der Waals surface area contributed by atoms with Gasteiger partial charge in [-0.3, -0.25) is 9.52 Å². The van der Waals surface area contributed by atoms with Gasteiger partial charge >= 0.3 is 0 Å². The van der Waals surface area contributed by atoms with Crippen LogP contribution in [-0.2, 0) is 10.0 Å². The summed E-state index contributed by atoms with van der Waals surface area (Å²) in [6.45, 7) is 4.53. The third kappa shape index (κ3) is 5.31. The van der Waals surface area contributed by atoms with E-state index in [1.807, 2.05) is 43.3 Å². The molecule has 1 aliphatic heterocycles. The molecule has 0 radical (unpaired) electrons. The molecule has 2 aromatic carbocycles. The van der Waals surface area contributed by atoms with Crippen LogP contribution in [0.2, 0.25) is 0 Å². The van der Waals surface area contributed by atoms with E-state index in [2.05, 4.69) is 9.62 Å². The van der Waals surface area contributed by atoms with Gasteiger partial charge < -0.3 is 14.5 Å². The van der Waals surface area contributed by atoms with Gasteiger partial charge in [-0.2, -0.15) is 0 Å². The molecule has 7 nitrogen and oxygen atoms in total. The van der Waals surface area contributed by atoms with Gasteiger partial charge in [0.1, 0.15) is 15.5 Å². The molecule has 1 saturated heterocycles. The van der Waals surface area contributed by atoms with E-state index >= 15 is 0 Å². The fourth-order valence-electron chi connectivity index (χ4n) is 3.81. The maximum Gasteiger partial charge on any atom is 0.265 e. The molecule has 1 amide bonds. The van der Waals surface area contributed by atoms with Gasteiger partial charge in [0, 0.05) is 37.6 Å². The fourth-order valence-corrected chi connectivity index (χ4v) is 6.26. The molecule has 1 fully saturated rings. The lowest BCUT2D eigenvalue weighted by molar-refractivity contribution is 0.0768. The zero-order valence-corrected chi connectivity index (χ0v) is 20.3. The molecular weight excluding hydrogens is 458 g/mol. The highest BCUT2D eigenvalue weighted by Gasteiger charge is 2.28. The maximum absolute atomic E-state index is 13.3. The lowest BCUT2D eigenvalue weighted by Crippen LogP contribution is -2.35. The number of thiophene rings is 1. The second-order valence-electron chi connectivity index (χ2n) is 7.92. The summed E-state index contributed by atoms with van der Waals surface area (Å²) < 4.78 is 33.9. The van der Waals surface area contributed by atoms with E-state index in [0.29, 0.717) is 25.3 Å². The highest BCUT2D eigenvalue weighted by Crippen LogP contribution is 2.27. The van der Waals surface area contributed by atoms with Crippen LogP contribution in [-0.4, -0.2) is 52.5 Å². The molecule has 1 aliphatic rings. The second kappa shape index (κ2) is 9.84. The summed E-state index contributed by atoms with van der Waals surface area (Å²) in [5.74, 6) is 0.557. The molecule has 1 N–H and O–H groups in total. The number of ether oxygens (including phenoxy) is 1. The molecule has 0 atom stereocenters. The summed E-state index contributed by atoms with van der Waals surface area (Å²) in [4.78, 5) is 17.6. The monoisotopic (exact) mass is 485 g/mol. The van der Waals surface area contributed by atoms with Crippen molar-refractivity contribution in [2.45, 2.75) is 18.2 Å². The molecule has 3 aromatic rings. The first-order valence-corrected chi connectivity index (χ1v) is 13.1. The van der Waals surface area contributed by atoms with E-state index in [-0.39, 0.29) is 15.7 Å². The summed E-state index contributed by atoms with van der Waals surface area (Å²) in [7, 11) is -2.24. The number of benzene rings is 2. The second-order valence-corrected chi connectivity index (χ2v) is 10.5. The van der Waals surface area contributed by atoms with Gasteiger partial charge in [0.05, 0.1) is 7.11 Å². The van der Waals surface area contributed by atoms with E-state index in [4.69, 9.17) is 4.74 Å². The van der Waals surface area contributed by atoms with Crippen LogP contribution in [0.3, 0.4) is 0 Å². The molecule has 4 rings (SSSR count). The number of anilines is 2. The number of carbonyl (C=O) groups excluding carboxylic acids is 1. The summed E-state index contributed by atoms with van der Waals surface area (Å²) in [6.07, 6.45) is 0.798. The molecule has 0 unspecified atom stereocenters. The van der Waals surface area contributed by atoms with Gasteiger partial charge in [0.2, 0.25) is 0 Å². The summed E-state index contributed by atoms with van der Waals surface area (Å²) in [5, 5.41) is 1.65. The number of nitrogens with one attached hydrogen (secondary N) is 1. The molecular formula is C24H27N3O4S2. The van der Waals surface area contributed by atoms with Crippen LogP contribution in [0, 0.1) is 6.92 Å². The number of methoxy groups -OCH3 is 1. The Morgan fingerprint density at radius 2 is 1.70 bits per heavy atom. The van der Waals surface area contributed by atoms with Crippen LogP contribution in [0.5, 0.6) is 5.75 Å². The van der Waals surface area contributed by atoms with Crippen LogP contribution >= 0.6 is 11.3 Å². The average molecular weight is 486 g/mol. The van der Waals surface area contributed by atoms with Crippen LogP contribution in [0.15, 0.2) is 64.9 Å². The molecule has 0 bridgehead atoms. The Hall–Kier alpha value is -3.04. The summed E-state index contributed by atoms with van der Waals surface area (Å²) in [5.41, 5.74) is 2.58.